The van der Waals surface area contributed by atoms with Crippen molar-refractivity contribution in [2.45, 2.75) is 29.9 Å². The van der Waals surface area contributed by atoms with Crippen LogP contribution in [0.1, 0.15) is 23.2 Å². The SMILES string of the molecule is NNc1ccnc(CSc2ccc3c(c2)CCC3)c1. The van der Waals surface area contributed by atoms with E-state index >= 15 is 0 Å². The predicted molar refractivity (Wildman–Crippen MR) is 80.1 cm³/mol. The second-order valence-electron chi connectivity index (χ2n) is 4.75. The molecule has 0 fully saturated rings. The van der Waals surface area contributed by atoms with Crippen molar-refractivity contribution in [1.82, 2.24) is 4.98 Å². The van der Waals surface area contributed by atoms with Gasteiger partial charge in [-0.3, -0.25) is 10.8 Å². The van der Waals surface area contributed by atoms with Crippen molar-refractivity contribution >= 4 is 17.4 Å². The summed E-state index contributed by atoms with van der Waals surface area (Å²) < 4.78 is 0. The van der Waals surface area contributed by atoms with Gasteiger partial charge in [0.2, 0.25) is 0 Å². The Bertz CT molecular complexity index is 583. The summed E-state index contributed by atoms with van der Waals surface area (Å²) in [6.07, 6.45) is 5.56. The molecule has 1 aliphatic carbocycles. The summed E-state index contributed by atoms with van der Waals surface area (Å²) in [7, 11) is 0. The van der Waals surface area contributed by atoms with Gasteiger partial charge in [-0.15, -0.1) is 11.8 Å². The molecule has 0 atom stereocenters. The smallest absolute Gasteiger partial charge is 0.0527 e. The van der Waals surface area contributed by atoms with Crippen molar-refractivity contribution in [2.75, 3.05) is 5.43 Å². The van der Waals surface area contributed by atoms with E-state index in [1.165, 1.54) is 35.3 Å². The highest BCUT2D eigenvalue weighted by molar-refractivity contribution is 7.98. The van der Waals surface area contributed by atoms with Crippen LogP contribution in [0.15, 0.2) is 41.4 Å². The van der Waals surface area contributed by atoms with E-state index in [0.29, 0.717) is 0 Å². The number of nitrogens with two attached hydrogens (primary N) is 1. The highest BCUT2D eigenvalue weighted by Gasteiger charge is 2.10. The molecule has 19 heavy (non-hydrogen) atoms. The second-order valence-corrected chi connectivity index (χ2v) is 5.80. The van der Waals surface area contributed by atoms with Crippen LogP contribution in [-0.4, -0.2) is 4.98 Å². The average molecular weight is 271 g/mol. The lowest BCUT2D eigenvalue weighted by molar-refractivity contribution is 0.911. The van der Waals surface area contributed by atoms with Crippen LogP contribution >= 0.6 is 11.8 Å². The van der Waals surface area contributed by atoms with Crippen molar-refractivity contribution in [1.29, 1.82) is 0 Å². The molecule has 0 amide bonds. The molecule has 4 heteroatoms. The van der Waals surface area contributed by atoms with Crippen LogP contribution in [0.5, 0.6) is 0 Å². The molecule has 0 unspecified atom stereocenters. The van der Waals surface area contributed by atoms with Gasteiger partial charge in [-0.05, 0) is 54.7 Å². The number of nitrogens with one attached hydrogen (secondary N) is 1. The first kappa shape index (κ1) is 12.5. The zero-order valence-electron chi connectivity index (χ0n) is 10.7. The fraction of sp³-hybridized carbons (Fsp3) is 0.267. The summed E-state index contributed by atoms with van der Waals surface area (Å²) >= 11 is 1.83. The van der Waals surface area contributed by atoms with E-state index in [-0.39, 0.29) is 0 Å². The molecule has 0 spiro atoms. The Morgan fingerprint density at radius 2 is 2.05 bits per heavy atom. The number of hydrogen-bond donors (Lipinski definition) is 2. The molecule has 98 valence electrons. The minimum Gasteiger partial charge on any atom is -0.324 e. The molecular weight excluding hydrogens is 254 g/mol. The van der Waals surface area contributed by atoms with E-state index in [1.807, 2.05) is 23.9 Å². The quantitative estimate of drug-likeness (QED) is 0.509. The number of aromatic nitrogens is 1. The average Bonchev–Trinajstić information content (AvgIpc) is 2.93. The zero-order valence-corrected chi connectivity index (χ0v) is 11.5. The van der Waals surface area contributed by atoms with Crippen LogP contribution in [0.3, 0.4) is 0 Å². The van der Waals surface area contributed by atoms with Crippen LogP contribution in [0.4, 0.5) is 5.69 Å². The number of nitrogens with zero attached hydrogens (tertiary/aromatic N) is 1. The molecule has 0 saturated carbocycles. The minimum atomic E-state index is 0.869. The lowest BCUT2D eigenvalue weighted by Crippen LogP contribution is -2.07. The summed E-state index contributed by atoms with van der Waals surface area (Å²) in [4.78, 5) is 5.69. The first-order valence-corrected chi connectivity index (χ1v) is 7.50. The van der Waals surface area contributed by atoms with Gasteiger partial charge in [0.1, 0.15) is 0 Å². The standard InChI is InChI=1S/C15H17N3S/c16-18-13-6-7-17-14(9-13)10-19-15-5-4-11-2-1-3-12(11)8-15/h4-9H,1-3,10,16H2,(H,17,18). The topological polar surface area (TPSA) is 50.9 Å². The van der Waals surface area contributed by atoms with Crippen molar-refractivity contribution in [3.63, 3.8) is 0 Å². The summed E-state index contributed by atoms with van der Waals surface area (Å²) in [6, 6.07) is 10.7. The Morgan fingerprint density at radius 3 is 2.95 bits per heavy atom. The molecule has 1 aromatic heterocycles. The highest BCUT2D eigenvalue weighted by atomic mass is 32.2. The number of rotatable bonds is 4. The molecule has 2 aromatic rings. The Balaban J connectivity index is 1.68. The molecule has 0 bridgehead atoms. The number of aryl methyl sites for hydroxylation is 2. The summed E-state index contributed by atoms with van der Waals surface area (Å²) in [5, 5.41) is 0. The maximum absolute atomic E-state index is 5.40. The zero-order chi connectivity index (χ0) is 13.1. The fourth-order valence-electron chi connectivity index (χ4n) is 2.44. The monoisotopic (exact) mass is 271 g/mol. The number of fused-ring (bicyclic) bond motifs is 1. The van der Waals surface area contributed by atoms with Gasteiger partial charge in [0, 0.05) is 16.8 Å². The molecule has 1 heterocycles. The molecule has 1 aliphatic rings. The van der Waals surface area contributed by atoms with Gasteiger partial charge in [-0.25, -0.2) is 0 Å². The van der Waals surface area contributed by atoms with E-state index in [4.69, 9.17) is 5.84 Å². The van der Waals surface area contributed by atoms with Crippen LogP contribution < -0.4 is 11.3 Å². The lowest BCUT2D eigenvalue weighted by Gasteiger charge is -2.06. The van der Waals surface area contributed by atoms with Crippen molar-refractivity contribution in [2.24, 2.45) is 5.84 Å². The first-order valence-electron chi connectivity index (χ1n) is 6.51. The van der Waals surface area contributed by atoms with E-state index in [9.17, 15) is 0 Å². The number of thioether (sulfide) groups is 1. The minimum absolute atomic E-state index is 0.869. The van der Waals surface area contributed by atoms with Gasteiger partial charge in [-0.2, -0.15) is 0 Å². The van der Waals surface area contributed by atoms with Crippen molar-refractivity contribution in [3.05, 3.63) is 53.3 Å². The molecule has 3 nitrogen and oxygen atoms in total. The Hall–Kier alpha value is -1.52. The third kappa shape index (κ3) is 2.91. The maximum Gasteiger partial charge on any atom is 0.0527 e. The number of hydrazine groups is 1. The first-order chi connectivity index (χ1) is 9.35. The Morgan fingerprint density at radius 1 is 1.16 bits per heavy atom. The van der Waals surface area contributed by atoms with Gasteiger partial charge in [0.05, 0.1) is 11.4 Å². The maximum atomic E-state index is 5.40. The number of anilines is 1. The van der Waals surface area contributed by atoms with Crippen LogP contribution in [-0.2, 0) is 18.6 Å². The molecule has 3 N–H and O–H groups in total. The van der Waals surface area contributed by atoms with Gasteiger partial charge in [0.25, 0.3) is 0 Å². The van der Waals surface area contributed by atoms with Crippen LogP contribution in [0.25, 0.3) is 0 Å². The summed E-state index contributed by atoms with van der Waals surface area (Å²) in [6.45, 7) is 0. The normalized spacial score (nSPS) is 13.3. The Kier molecular flexibility index (Phi) is 3.71. The molecule has 0 radical (unpaired) electrons. The van der Waals surface area contributed by atoms with Crippen LogP contribution in [0, 0.1) is 0 Å². The van der Waals surface area contributed by atoms with E-state index in [1.54, 1.807) is 6.20 Å². The van der Waals surface area contributed by atoms with Crippen molar-refractivity contribution in [3.8, 4) is 0 Å². The number of nitrogen functional groups attached to an aromatic ring is 1. The van der Waals surface area contributed by atoms with Gasteiger partial charge in [0.15, 0.2) is 0 Å². The van der Waals surface area contributed by atoms with E-state index in [0.717, 1.165) is 17.1 Å². The lowest BCUT2D eigenvalue weighted by atomic mass is 10.1. The summed E-state index contributed by atoms with van der Waals surface area (Å²) in [5.74, 6) is 6.27. The van der Waals surface area contributed by atoms with E-state index < -0.39 is 0 Å². The van der Waals surface area contributed by atoms with Gasteiger partial charge in [-0.1, -0.05) is 6.07 Å². The molecule has 0 aliphatic heterocycles. The highest BCUT2D eigenvalue weighted by Crippen LogP contribution is 2.29. The molecule has 3 rings (SSSR count). The summed E-state index contributed by atoms with van der Waals surface area (Å²) in [5.41, 5.74) is 7.64. The van der Waals surface area contributed by atoms with Gasteiger partial charge >= 0.3 is 0 Å². The van der Waals surface area contributed by atoms with Crippen LogP contribution in [0.2, 0.25) is 0 Å². The third-order valence-electron chi connectivity index (χ3n) is 3.44. The van der Waals surface area contributed by atoms with Crippen molar-refractivity contribution < 1.29 is 0 Å². The third-order valence-corrected chi connectivity index (χ3v) is 4.47. The number of hydrogen-bond acceptors (Lipinski definition) is 4. The molecular formula is C15H17N3S. The predicted octanol–water partition coefficient (Wildman–Crippen LogP) is 3.15. The second kappa shape index (κ2) is 5.63. The largest absolute Gasteiger partial charge is 0.324 e. The number of benzene rings is 1. The molecule has 0 saturated heterocycles. The molecule has 1 aromatic carbocycles. The fourth-order valence-corrected chi connectivity index (χ4v) is 3.30. The number of pyridine rings is 1. The van der Waals surface area contributed by atoms with Gasteiger partial charge < -0.3 is 5.43 Å². The van der Waals surface area contributed by atoms with E-state index in [2.05, 4.69) is 28.6 Å². The Labute approximate surface area is 117 Å².